The van der Waals surface area contributed by atoms with E-state index in [0.29, 0.717) is 23.4 Å². The highest BCUT2D eigenvalue weighted by atomic mass is 16.2. The van der Waals surface area contributed by atoms with E-state index < -0.39 is 0 Å². The van der Waals surface area contributed by atoms with Crippen molar-refractivity contribution >= 4 is 17.4 Å². The number of piperidine rings is 1. The summed E-state index contributed by atoms with van der Waals surface area (Å²) in [6.45, 7) is 4.31. The molecule has 0 atom stereocenters. The van der Waals surface area contributed by atoms with Crippen molar-refractivity contribution in [2.75, 3.05) is 25.0 Å². The van der Waals surface area contributed by atoms with E-state index in [-0.39, 0.29) is 11.7 Å². The predicted molar refractivity (Wildman–Crippen MR) is 100.0 cm³/mol. The van der Waals surface area contributed by atoms with Crippen LogP contribution in [0.25, 0.3) is 0 Å². The first kappa shape index (κ1) is 17.4. The van der Waals surface area contributed by atoms with Gasteiger partial charge in [0.2, 0.25) is 5.91 Å². The van der Waals surface area contributed by atoms with Gasteiger partial charge < -0.3 is 5.32 Å². The molecule has 2 aromatic carbocycles. The number of anilines is 1. The first-order valence-electron chi connectivity index (χ1n) is 8.86. The van der Waals surface area contributed by atoms with Crippen LogP contribution >= 0.6 is 0 Å². The predicted octanol–water partition coefficient (Wildman–Crippen LogP) is 3.65. The van der Waals surface area contributed by atoms with Gasteiger partial charge in [-0.2, -0.15) is 0 Å². The van der Waals surface area contributed by atoms with Crippen molar-refractivity contribution in [2.45, 2.75) is 26.2 Å². The first-order valence-corrected chi connectivity index (χ1v) is 8.86. The second-order valence-corrected chi connectivity index (χ2v) is 6.63. The van der Waals surface area contributed by atoms with E-state index in [1.54, 1.807) is 12.1 Å². The van der Waals surface area contributed by atoms with E-state index in [1.807, 2.05) is 43.3 Å². The van der Waals surface area contributed by atoms with Crippen LogP contribution in [0.15, 0.2) is 48.5 Å². The minimum atomic E-state index is -0.0751. The Labute approximate surface area is 148 Å². The monoisotopic (exact) mass is 336 g/mol. The zero-order valence-corrected chi connectivity index (χ0v) is 14.6. The minimum Gasteiger partial charge on any atom is -0.324 e. The molecule has 1 aliphatic heterocycles. The first-order chi connectivity index (χ1) is 12.1. The number of nitrogens with one attached hydrogen (secondary N) is 1. The van der Waals surface area contributed by atoms with Crippen LogP contribution in [0.3, 0.4) is 0 Å². The quantitative estimate of drug-likeness (QED) is 0.848. The van der Waals surface area contributed by atoms with Crippen molar-refractivity contribution in [3.05, 3.63) is 65.2 Å². The van der Waals surface area contributed by atoms with Crippen LogP contribution in [-0.4, -0.2) is 36.2 Å². The number of aryl methyl sites for hydroxylation is 1. The summed E-state index contributed by atoms with van der Waals surface area (Å²) in [5.41, 5.74) is 2.84. The fourth-order valence-electron chi connectivity index (χ4n) is 3.16. The molecule has 0 bridgehead atoms. The molecule has 130 valence electrons. The Morgan fingerprint density at radius 3 is 2.36 bits per heavy atom. The lowest BCUT2D eigenvalue weighted by molar-refractivity contribution is -0.117. The molecule has 0 spiro atoms. The lowest BCUT2D eigenvalue weighted by Gasteiger charge is -2.25. The van der Waals surface area contributed by atoms with Gasteiger partial charge >= 0.3 is 0 Å². The number of amides is 1. The average molecular weight is 336 g/mol. The summed E-state index contributed by atoms with van der Waals surface area (Å²) in [6.07, 6.45) is 3.54. The summed E-state index contributed by atoms with van der Waals surface area (Å²) in [6, 6.07) is 14.7. The Kier molecular flexibility index (Phi) is 5.61. The van der Waals surface area contributed by atoms with Gasteiger partial charge in [0.25, 0.3) is 0 Å². The fraction of sp³-hybridized carbons (Fsp3) is 0.333. The van der Waals surface area contributed by atoms with Crippen molar-refractivity contribution in [3.8, 4) is 0 Å². The van der Waals surface area contributed by atoms with Crippen LogP contribution in [0.4, 0.5) is 5.69 Å². The van der Waals surface area contributed by atoms with Gasteiger partial charge in [0.15, 0.2) is 5.78 Å². The van der Waals surface area contributed by atoms with Gasteiger partial charge in [0.05, 0.1) is 12.2 Å². The third-order valence-electron chi connectivity index (χ3n) is 4.58. The van der Waals surface area contributed by atoms with Gasteiger partial charge in [-0.25, -0.2) is 0 Å². The molecule has 1 fully saturated rings. The number of carbonyl (C=O) groups is 2. The smallest absolute Gasteiger partial charge is 0.238 e. The van der Waals surface area contributed by atoms with Crippen molar-refractivity contribution in [3.63, 3.8) is 0 Å². The Balaban J connectivity index is 1.72. The van der Waals surface area contributed by atoms with Gasteiger partial charge in [0, 0.05) is 11.1 Å². The highest BCUT2D eigenvalue weighted by Gasteiger charge is 2.17. The van der Waals surface area contributed by atoms with Gasteiger partial charge in [-0.15, -0.1) is 0 Å². The van der Waals surface area contributed by atoms with Gasteiger partial charge in [-0.1, -0.05) is 48.4 Å². The van der Waals surface area contributed by atoms with Crippen LogP contribution in [0.2, 0.25) is 0 Å². The summed E-state index contributed by atoms with van der Waals surface area (Å²) in [4.78, 5) is 27.3. The van der Waals surface area contributed by atoms with E-state index in [2.05, 4.69) is 10.2 Å². The van der Waals surface area contributed by atoms with E-state index in [4.69, 9.17) is 0 Å². The molecule has 0 saturated carbocycles. The molecule has 1 amide bonds. The molecule has 2 aromatic rings. The Morgan fingerprint density at radius 2 is 1.64 bits per heavy atom. The van der Waals surface area contributed by atoms with Crippen LogP contribution in [0.1, 0.15) is 40.7 Å². The molecule has 1 aliphatic rings. The number of hydrogen-bond donors (Lipinski definition) is 1. The molecule has 0 aromatic heterocycles. The molecule has 1 N–H and O–H groups in total. The van der Waals surface area contributed by atoms with E-state index in [1.165, 1.54) is 6.42 Å². The molecule has 0 unspecified atom stereocenters. The number of carbonyl (C=O) groups excluding carboxylic acids is 2. The summed E-state index contributed by atoms with van der Waals surface area (Å²) in [5.74, 6) is -0.139. The standard InChI is InChI=1S/C21H24N2O2/c1-16-9-11-17(12-10-16)21(25)18-7-3-4-8-19(18)22-20(24)15-23-13-5-2-6-14-23/h3-4,7-12H,2,5-6,13-15H2,1H3,(H,22,24). The van der Waals surface area contributed by atoms with Crippen LogP contribution in [-0.2, 0) is 4.79 Å². The van der Waals surface area contributed by atoms with E-state index in [9.17, 15) is 9.59 Å². The molecular weight excluding hydrogens is 312 g/mol. The molecular formula is C21H24N2O2. The van der Waals surface area contributed by atoms with E-state index in [0.717, 1.165) is 31.5 Å². The molecule has 3 rings (SSSR count). The molecule has 4 heteroatoms. The molecule has 0 radical (unpaired) electrons. The Morgan fingerprint density at radius 1 is 0.960 bits per heavy atom. The Hall–Kier alpha value is -2.46. The summed E-state index contributed by atoms with van der Waals surface area (Å²) < 4.78 is 0. The SMILES string of the molecule is Cc1ccc(C(=O)c2ccccc2NC(=O)CN2CCCCC2)cc1. The van der Waals surface area contributed by atoms with E-state index >= 15 is 0 Å². The van der Waals surface area contributed by atoms with Crippen molar-refractivity contribution < 1.29 is 9.59 Å². The lowest BCUT2D eigenvalue weighted by atomic mass is 10.0. The van der Waals surface area contributed by atoms with Gasteiger partial charge in [-0.3, -0.25) is 14.5 Å². The molecule has 1 heterocycles. The zero-order chi connectivity index (χ0) is 17.6. The summed E-state index contributed by atoms with van der Waals surface area (Å²) in [7, 11) is 0. The number of rotatable bonds is 5. The highest BCUT2D eigenvalue weighted by molar-refractivity contribution is 6.13. The number of para-hydroxylation sites is 1. The minimum absolute atomic E-state index is 0.0638. The largest absolute Gasteiger partial charge is 0.324 e. The fourth-order valence-corrected chi connectivity index (χ4v) is 3.16. The lowest BCUT2D eigenvalue weighted by Crippen LogP contribution is -2.37. The molecule has 25 heavy (non-hydrogen) atoms. The van der Waals surface area contributed by atoms with Crippen LogP contribution < -0.4 is 5.32 Å². The number of nitrogens with zero attached hydrogens (tertiary/aromatic N) is 1. The maximum absolute atomic E-state index is 12.8. The summed E-state index contributed by atoms with van der Waals surface area (Å²) in [5, 5.41) is 2.92. The topological polar surface area (TPSA) is 49.4 Å². The second-order valence-electron chi connectivity index (χ2n) is 6.63. The zero-order valence-electron chi connectivity index (χ0n) is 14.6. The van der Waals surface area contributed by atoms with Crippen molar-refractivity contribution in [1.82, 2.24) is 4.90 Å². The second kappa shape index (κ2) is 8.08. The van der Waals surface area contributed by atoms with Gasteiger partial charge in [0.1, 0.15) is 0 Å². The maximum Gasteiger partial charge on any atom is 0.238 e. The molecule has 0 aliphatic carbocycles. The molecule has 4 nitrogen and oxygen atoms in total. The van der Waals surface area contributed by atoms with Crippen molar-refractivity contribution in [1.29, 1.82) is 0 Å². The number of hydrogen-bond acceptors (Lipinski definition) is 3. The number of ketones is 1. The normalized spacial score (nSPS) is 14.9. The average Bonchev–Trinajstić information content (AvgIpc) is 2.63. The van der Waals surface area contributed by atoms with Crippen molar-refractivity contribution in [2.24, 2.45) is 0 Å². The summed E-state index contributed by atoms with van der Waals surface area (Å²) >= 11 is 0. The number of benzene rings is 2. The van der Waals surface area contributed by atoms with Crippen LogP contribution in [0.5, 0.6) is 0 Å². The third kappa shape index (κ3) is 4.54. The van der Waals surface area contributed by atoms with Gasteiger partial charge in [-0.05, 0) is 45.0 Å². The molecule has 1 saturated heterocycles. The highest BCUT2D eigenvalue weighted by Crippen LogP contribution is 2.20. The Bertz CT molecular complexity index is 747. The van der Waals surface area contributed by atoms with Crippen LogP contribution in [0, 0.1) is 6.92 Å². The third-order valence-corrected chi connectivity index (χ3v) is 4.58. The number of likely N-dealkylation sites (tertiary alicyclic amines) is 1. The maximum atomic E-state index is 12.8.